The SMILES string of the molecule is CCOC(=O)c1ccc(N2C(=O)C(=O)/C(=C(\O)c3ccc(OC)c(C)c3)C2c2ccc(O)cc2)cc1. The van der Waals surface area contributed by atoms with Gasteiger partial charge in [0.05, 0.1) is 30.9 Å². The molecule has 4 rings (SSSR count). The average Bonchev–Trinajstić information content (AvgIpc) is 3.14. The molecule has 36 heavy (non-hydrogen) atoms. The number of aliphatic hydroxyl groups excluding tert-OH is 1. The minimum Gasteiger partial charge on any atom is -0.508 e. The average molecular weight is 488 g/mol. The van der Waals surface area contributed by atoms with Gasteiger partial charge in [0.15, 0.2) is 0 Å². The fraction of sp³-hybridized carbons (Fsp3) is 0.179. The van der Waals surface area contributed by atoms with Gasteiger partial charge in [0.2, 0.25) is 0 Å². The summed E-state index contributed by atoms with van der Waals surface area (Å²) in [5, 5.41) is 21.0. The third-order valence-electron chi connectivity index (χ3n) is 5.98. The maximum atomic E-state index is 13.3. The fourth-order valence-corrected chi connectivity index (χ4v) is 4.22. The van der Waals surface area contributed by atoms with E-state index in [0.29, 0.717) is 28.1 Å². The Kier molecular flexibility index (Phi) is 6.78. The van der Waals surface area contributed by atoms with E-state index in [2.05, 4.69) is 0 Å². The number of carbonyl (C=O) groups excluding carboxylic acids is 3. The number of ketones is 1. The highest BCUT2D eigenvalue weighted by atomic mass is 16.5. The van der Waals surface area contributed by atoms with Crippen LogP contribution in [0.5, 0.6) is 11.5 Å². The number of rotatable bonds is 6. The first-order valence-corrected chi connectivity index (χ1v) is 11.3. The number of aliphatic hydroxyl groups is 1. The minimum atomic E-state index is -0.971. The van der Waals surface area contributed by atoms with Gasteiger partial charge in [0, 0.05) is 11.3 Å². The molecule has 184 valence electrons. The normalized spacial score (nSPS) is 16.8. The maximum Gasteiger partial charge on any atom is 0.338 e. The predicted molar refractivity (Wildman–Crippen MR) is 133 cm³/mol. The number of Topliss-reactive ketones (excluding diaryl/α,β-unsaturated/α-hetero) is 1. The molecule has 1 saturated heterocycles. The number of methoxy groups -OCH3 is 1. The number of phenols is 1. The van der Waals surface area contributed by atoms with E-state index in [9.17, 15) is 24.6 Å². The summed E-state index contributed by atoms with van der Waals surface area (Å²) in [5.41, 5.74) is 2.16. The molecule has 1 fully saturated rings. The number of hydrogen-bond donors (Lipinski definition) is 2. The second-order valence-electron chi connectivity index (χ2n) is 8.21. The van der Waals surface area contributed by atoms with Crippen LogP contribution in [0.1, 0.15) is 40.0 Å². The molecule has 0 bridgehead atoms. The minimum absolute atomic E-state index is 0.0141. The first-order valence-electron chi connectivity index (χ1n) is 11.3. The van der Waals surface area contributed by atoms with Crippen molar-refractivity contribution in [2.24, 2.45) is 0 Å². The zero-order chi connectivity index (χ0) is 26.0. The Morgan fingerprint density at radius 1 is 0.972 bits per heavy atom. The van der Waals surface area contributed by atoms with Gasteiger partial charge in [0.25, 0.3) is 11.7 Å². The summed E-state index contributed by atoms with van der Waals surface area (Å²) in [7, 11) is 1.53. The van der Waals surface area contributed by atoms with Crippen molar-refractivity contribution < 1.29 is 34.1 Å². The second-order valence-corrected chi connectivity index (χ2v) is 8.21. The molecule has 1 atom stereocenters. The Morgan fingerprint density at radius 2 is 1.61 bits per heavy atom. The summed E-state index contributed by atoms with van der Waals surface area (Å²) in [5.74, 6) is -1.89. The number of hydrogen-bond acceptors (Lipinski definition) is 7. The summed E-state index contributed by atoms with van der Waals surface area (Å²) in [4.78, 5) is 39.8. The molecular formula is C28H25NO7. The van der Waals surface area contributed by atoms with E-state index in [1.165, 1.54) is 36.3 Å². The lowest BCUT2D eigenvalue weighted by molar-refractivity contribution is -0.132. The molecule has 8 heteroatoms. The first kappa shape index (κ1) is 24.5. The zero-order valence-electron chi connectivity index (χ0n) is 20.0. The number of aryl methyl sites for hydroxylation is 1. The molecule has 0 spiro atoms. The number of benzene rings is 3. The number of carbonyl (C=O) groups is 3. The van der Waals surface area contributed by atoms with Crippen molar-refractivity contribution in [1.82, 2.24) is 0 Å². The Morgan fingerprint density at radius 3 is 2.19 bits per heavy atom. The highest BCUT2D eigenvalue weighted by Crippen LogP contribution is 2.42. The maximum absolute atomic E-state index is 13.3. The number of nitrogens with zero attached hydrogens (tertiary/aromatic N) is 1. The van der Waals surface area contributed by atoms with Crippen LogP contribution in [0.15, 0.2) is 72.3 Å². The largest absolute Gasteiger partial charge is 0.508 e. The zero-order valence-corrected chi connectivity index (χ0v) is 20.0. The Labute approximate surface area is 208 Å². The van der Waals surface area contributed by atoms with Crippen LogP contribution in [-0.2, 0) is 14.3 Å². The molecule has 1 amide bonds. The predicted octanol–water partition coefficient (Wildman–Crippen LogP) is 4.51. The van der Waals surface area contributed by atoms with Crippen LogP contribution in [0.2, 0.25) is 0 Å². The number of anilines is 1. The van der Waals surface area contributed by atoms with Crippen LogP contribution in [-0.4, -0.2) is 41.6 Å². The molecule has 3 aromatic rings. The van der Waals surface area contributed by atoms with E-state index >= 15 is 0 Å². The molecular weight excluding hydrogens is 462 g/mol. The summed E-state index contributed by atoms with van der Waals surface area (Å²) in [6.45, 7) is 3.73. The second kappa shape index (κ2) is 9.95. The van der Waals surface area contributed by atoms with E-state index in [0.717, 1.165) is 5.56 Å². The number of amides is 1. The molecule has 0 aliphatic carbocycles. The smallest absolute Gasteiger partial charge is 0.338 e. The van der Waals surface area contributed by atoms with Crippen molar-refractivity contribution in [3.63, 3.8) is 0 Å². The molecule has 8 nitrogen and oxygen atoms in total. The van der Waals surface area contributed by atoms with Gasteiger partial charge in [-0.25, -0.2) is 4.79 Å². The van der Waals surface area contributed by atoms with E-state index < -0.39 is 23.7 Å². The Hall–Kier alpha value is -4.59. The first-order chi connectivity index (χ1) is 17.3. The topological polar surface area (TPSA) is 113 Å². The summed E-state index contributed by atoms with van der Waals surface area (Å²) in [6.07, 6.45) is 0. The van der Waals surface area contributed by atoms with Gasteiger partial charge in [-0.1, -0.05) is 12.1 Å². The third-order valence-corrected chi connectivity index (χ3v) is 5.98. The van der Waals surface area contributed by atoms with E-state index in [1.807, 2.05) is 0 Å². The van der Waals surface area contributed by atoms with Crippen LogP contribution in [0.4, 0.5) is 5.69 Å². The van der Waals surface area contributed by atoms with Crippen molar-refractivity contribution in [3.05, 3.63) is 94.6 Å². The molecule has 3 aromatic carbocycles. The van der Waals surface area contributed by atoms with Crippen molar-refractivity contribution in [1.29, 1.82) is 0 Å². The Balaban J connectivity index is 1.86. The summed E-state index contributed by atoms with van der Waals surface area (Å²) >= 11 is 0. The number of ether oxygens (including phenoxy) is 2. The monoisotopic (exact) mass is 487 g/mol. The fourth-order valence-electron chi connectivity index (χ4n) is 4.22. The van der Waals surface area contributed by atoms with Gasteiger partial charge in [-0.15, -0.1) is 0 Å². The molecule has 1 heterocycles. The van der Waals surface area contributed by atoms with E-state index in [4.69, 9.17) is 9.47 Å². The molecule has 1 unspecified atom stereocenters. The molecule has 0 aromatic heterocycles. The van der Waals surface area contributed by atoms with Crippen molar-refractivity contribution >= 4 is 29.1 Å². The molecule has 2 N–H and O–H groups in total. The quantitative estimate of drug-likeness (QED) is 0.228. The highest BCUT2D eigenvalue weighted by molar-refractivity contribution is 6.51. The molecule has 1 aliphatic heterocycles. The van der Waals surface area contributed by atoms with Crippen molar-refractivity contribution in [2.75, 3.05) is 18.6 Å². The Bertz CT molecular complexity index is 1360. The number of esters is 1. The molecule has 1 aliphatic rings. The van der Waals surface area contributed by atoms with Crippen LogP contribution < -0.4 is 9.64 Å². The van der Waals surface area contributed by atoms with Gasteiger partial charge in [0.1, 0.15) is 17.3 Å². The molecule has 0 saturated carbocycles. The standard InChI is InChI=1S/C28H25NO7/c1-4-36-28(34)18-5-10-20(11-6-18)29-24(17-7-12-21(30)13-8-17)23(26(32)27(29)33)25(31)19-9-14-22(35-3)16(2)15-19/h5-15,24,30-31H,4H2,1-3H3/b25-23-. The van der Waals surface area contributed by atoms with Crippen LogP contribution in [0, 0.1) is 6.92 Å². The number of aromatic hydroxyl groups is 1. The van der Waals surface area contributed by atoms with Gasteiger partial charge in [-0.2, -0.15) is 0 Å². The van der Waals surface area contributed by atoms with Crippen LogP contribution in [0.25, 0.3) is 5.76 Å². The van der Waals surface area contributed by atoms with E-state index in [-0.39, 0.29) is 23.7 Å². The van der Waals surface area contributed by atoms with E-state index in [1.54, 1.807) is 56.3 Å². The van der Waals surface area contributed by atoms with Crippen LogP contribution in [0.3, 0.4) is 0 Å². The van der Waals surface area contributed by atoms with Gasteiger partial charge in [-0.3, -0.25) is 14.5 Å². The van der Waals surface area contributed by atoms with Gasteiger partial charge in [-0.05, 0) is 79.6 Å². The summed E-state index contributed by atoms with van der Waals surface area (Å²) < 4.78 is 10.3. The third kappa shape index (κ3) is 4.40. The van der Waals surface area contributed by atoms with Gasteiger partial charge >= 0.3 is 5.97 Å². The lowest BCUT2D eigenvalue weighted by atomic mass is 9.94. The summed E-state index contributed by atoms with van der Waals surface area (Å²) in [6, 6.07) is 16.1. The lowest BCUT2D eigenvalue weighted by Gasteiger charge is -2.25. The lowest BCUT2D eigenvalue weighted by Crippen LogP contribution is -2.29. The highest BCUT2D eigenvalue weighted by Gasteiger charge is 2.47. The number of phenolic OH excluding ortho intramolecular Hbond substituents is 1. The van der Waals surface area contributed by atoms with Crippen LogP contribution >= 0.6 is 0 Å². The van der Waals surface area contributed by atoms with Gasteiger partial charge < -0.3 is 19.7 Å². The molecule has 0 radical (unpaired) electrons. The van der Waals surface area contributed by atoms with Crippen molar-refractivity contribution in [2.45, 2.75) is 19.9 Å². The van der Waals surface area contributed by atoms with Crippen molar-refractivity contribution in [3.8, 4) is 11.5 Å².